The van der Waals surface area contributed by atoms with E-state index in [2.05, 4.69) is 20.5 Å². The third-order valence-corrected chi connectivity index (χ3v) is 3.87. The SMILES string of the molecule is CCn1c(=O)c(C)nc2cc(C(=O)Nc3nncs3)ccc21. The van der Waals surface area contributed by atoms with Crippen LogP contribution in [0.5, 0.6) is 0 Å². The predicted molar refractivity (Wildman–Crippen MR) is 84.3 cm³/mol. The zero-order valence-electron chi connectivity index (χ0n) is 12.0. The molecule has 7 nitrogen and oxygen atoms in total. The van der Waals surface area contributed by atoms with Gasteiger partial charge < -0.3 is 4.57 Å². The van der Waals surface area contributed by atoms with Gasteiger partial charge in [0.15, 0.2) is 0 Å². The first-order valence-corrected chi connectivity index (χ1v) is 7.57. The molecule has 3 rings (SSSR count). The van der Waals surface area contributed by atoms with Crippen LogP contribution in [-0.2, 0) is 6.54 Å². The van der Waals surface area contributed by atoms with Gasteiger partial charge in [0.05, 0.1) is 11.0 Å². The quantitative estimate of drug-likeness (QED) is 0.796. The van der Waals surface area contributed by atoms with E-state index in [-0.39, 0.29) is 11.5 Å². The first-order chi connectivity index (χ1) is 10.6. The molecule has 0 fully saturated rings. The van der Waals surface area contributed by atoms with Crippen molar-refractivity contribution in [3.05, 3.63) is 45.3 Å². The minimum Gasteiger partial charge on any atom is -0.305 e. The van der Waals surface area contributed by atoms with Gasteiger partial charge in [0.25, 0.3) is 11.5 Å². The van der Waals surface area contributed by atoms with Crippen LogP contribution in [0.2, 0.25) is 0 Å². The molecule has 8 heteroatoms. The van der Waals surface area contributed by atoms with E-state index in [1.165, 1.54) is 11.3 Å². The fourth-order valence-electron chi connectivity index (χ4n) is 2.23. The summed E-state index contributed by atoms with van der Waals surface area (Å²) in [7, 11) is 0. The van der Waals surface area contributed by atoms with Crippen LogP contribution >= 0.6 is 11.3 Å². The zero-order valence-corrected chi connectivity index (χ0v) is 12.8. The number of carbonyl (C=O) groups excluding carboxylic acids is 1. The first-order valence-electron chi connectivity index (χ1n) is 6.69. The van der Waals surface area contributed by atoms with E-state index >= 15 is 0 Å². The summed E-state index contributed by atoms with van der Waals surface area (Å²) in [6.45, 7) is 4.12. The Bertz CT molecular complexity index is 901. The maximum absolute atomic E-state index is 12.2. The fraction of sp³-hybridized carbons (Fsp3) is 0.214. The highest BCUT2D eigenvalue weighted by Gasteiger charge is 2.12. The van der Waals surface area contributed by atoms with Crippen LogP contribution in [0.3, 0.4) is 0 Å². The van der Waals surface area contributed by atoms with Crippen molar-refractivity contribution >= 4 is 33.4 Å². The molecule has 1 N–H and O–H groups in total. The van der Waals surface area contributed by atoms with Gasteiger partial charge in [-0.2, -0.15) is 0 Å². The van der Waals surface area contributed by atoms with Crippen molar-refractivity contribution in [2.45, 2.75) is 20.4 Å². The number of anilines is 1. The number of hydrogen-bond donors (Lipinski definition) is 1. The van der Waals surface area contributed by atoms with Crippen LogP contribution in [0.15, 0.2) is 28.5 Å². The second kappa shape index (κ2) is 5.64. The van der Waals surface area contributed by atoms with Gasteiger partial charge in [0, 0.05) is 12.1 Å². The maximum atomic E-state index is 12.2. The normalized spacial score (nSPS) is 10.8. The van der Waals surface area contributed by atoms with Gasteiger partial charge >= 0.3 is 0 Å². The van der Waals surface area contributed by atoms with Crippen molar-refractivity contribution < 1.29 is 4.79 Å². The number of aryl methyl sites for hydroxylation is 2. The highest BCUT2D eigenvalue weighted by Crippen LogP contribution is 2.16. The summed E-state index contributed by atoms with van der Waals surface area (Å²) >= 11 is 1.24. The number of hydrogen-bond acceptors (Lipinski definition) is 6. The second-order valence-electron chi connectivity index (χ2n) is 4.65. The summed E-state index contributed by atoms with van der Waals surface area (Å²) in [5, 5.41) is 10.5. The molecule has 0 saturated heterocycles. The number of nitrogens with one attached hydrogen (secondary N) is 1. The molecule has 0 spiro atoms. The summed E-state index contributed by atoms with van der Waals surface area (Å²) in [4.78, 5) is 28.5. The minimum absolute atomic E-state index is 0.110. The lowest BCUT2D eigenvalue weighted by molar-refractivity contribution is 0.102. The Kier molecular flexibility index (Phi) is 3.68. The van der Waals surface area contributed by atoms with Crippen molar-refractivity contribution in [1.82, 2.24) is 19.7 Å². The molecule has 0 aliphatic carbocycles. The van der Waals surface area contributed by atoms with Gasteiger partial charge in [0.1, 0.15) is 11.2 Å². The van der Waals surface area contributed by atoms with Crippen LogP contribution < -0.4 is 10.9 Å². The highest BCUT2D eigenvalue weighted by molar-refractivity contribution is 7.13. The van der Waals surface area contributed by atoms with Gasteiger partial charge in [-0.05, 0) is 32.0 Å². The lowest BCUT2D eigenvalue weighted by Crippen LogP contribution is -2.23. The van der Waals surface area contributed by atoms with E-state index in [4.69, 9.17) is 0 Å². The van der Waals surface area contributed by atoms with Crippen molar-refractivity contribution in [1.29, 1.82) is 0 Å². The molecular formula is C14H13N5O2S. The number of aromatic nitrogens is 4. The van der Waals surface area contributed by atoms with E-state index in [1.54, 1.807) is 35.2 Å². The third kappa shape index (κ3) is 2.48. The Labute approximate surface area is 129 Å². The van der Waals surface area contributed by atoms with Gasteiger partial charge in [0.2, 0.25) is 5.13 Å². The zero-order chi connectivity index (χ0) is 15.7. The monoisotopic (exact) mass is 315 g/mol. The number of amides is 1. The molecule has 0 aliphatic rings. The Morgan fingerprint density at radius 1 is 1.41 bits per heavy atom. The van der Waals surface area contributed by atoms with Crippen LogP contribution in [0.4, 0.5) is 5.13 Å². The van der Waals surface area contributed by atoms with Gasteiger partial charge in [-0.1, -0.05) is 11.3 Å². The lowest BCUT2D eigenvalue weighted by atomic mass is 10.1. The lowest BCUT2D eigenvalue weighted by Gasteiger charge is -2.09. The average Bonchev–Trinajstić information content (AvgIpc) is 3.01. The maximum Gasteiger partial charge on any atom is 0.272 e. The van der Waals surface area contributed by atoms with Crippen molar-refractivity contribution in [3.8, 4) is 0 Å². The smallest absolute Gasteiger partial charge is 0.272 e. The molecule has 112 valence electrons. The van der Waals surface area contributed by atoms with E-state index in [1.807, 2.05) is 6.92 Å². The van der Waals surface area contributed by atoms with E-state index < -0.39 is 0 Å². The molecular weight excluding hydrogens is 302 g/mol. The molecule has 0 saturated carbocycles. The standard InChI is InChI=1S/C14H13N5O2S/c1-3-19-11-5-4-9(6-10(11)16-8(2)13(19)21)12(20)17-14-18-15-7-22-14/h4-7H,3H2,1-2H3,(H,17,18,20). The number of nitrogens with zero attached hydrogens (tertiary/aromatic N) is 4. The van der Waals surface area contributed by atoms with Crippen LogP contribution in [-0.4, -0.2) is 25.7 Å². The molecule has 3 aromatic rings. The molecule has 2 heterocycles. The minimum atomic E-state index is -0.285. The Balaban J connectivity index is 2.05. The fourth-order valence-corrected chi connectivity index (χ4v) is 2.67. The van der Waals surface area contributed by atoms with Gasteiger partial charge in [-0.3, -0.25) is 14.9 Å². The number of fused-ring (bicyclic) bond motifs is 1. The summed E-state index contributed by atoms with van der Waals surface area (Å²) in [5.41, 5.74) is 3.63. The molecule has 22 heavy (non-hydrogen) atoms. The topological polar surface area (TPSA) is 89.8 Å². The predicted octanol–water partition coefficient (Wildman–Crippen LogP) is 1.83. The summed E-state index contributed by atoms with van der Waals surface area (Å²) in [5.74, 6) is -0.285. The highest BCUT2D eigenvalue weighted by atomic mass is 32.1. The van der Waals surface area contributed by atoms with Crippen molar-refractivity contribution in [3.63, 3.8) is 0 Å². The molecule has 0 unspecified atom stereocenters. The van der Waals surface area contributed by atoms with Crippen LogP contribution in [0.25, 0.3) is 11.0 Å². The molecule has 0 atom stereocenters. The van der Waals surface area contributed by atoms with Gasteiger partial charge in [-0.25, -0.2) is 4.98 Å². The Morgan fingerprint density at radius 2 is 2.23 bits per heavy atom. The Hall–Kier alpha value is -2.61. The molecule has 2 aromatic heterocycles. The Morgan fingerprint density at radius 3 is 2.91 bits per heavy atom. The second-order valence-corrected chi connectivity index (χ2v) is 5.48. The number of carbonyl (C=O) groups is 1. The van der Waals surface area contributed by atoms with Crippen LogP contribution in [0, 0.1) is 6.92 Å². The third-order valence-electron chi connectivity index (χ3n) is 3.27. The molecule has 0 radical (unpaired) electrons. The van der Waals surface area contributed by atoms with Crippen molar-refractivity contribution in [2.75, 3.05) is 5.32 Å². The molecule has 0 aliphatic heterocycles. The van der Waals surface area contributed by atoms with Crippen molar-refractivity contribution in [2.24, 2.45) is 0 Å². The number of rotatable bonds is 3. The van der Waals surface area contributed by atoms with E-state index in [0.29, 0.717) is 34.0 Å². The number of benzene rings is 1. The summed E-state index contributed by atoms with van der Waals surface area (Å²) in [6, 6.07) is 5.08. The molecule has 1 amide bonds. The van der Waals surface area contributed by atoms with Gasteiger partial charge in [-0.15, -0.1) is 10.2 Å². The first kappa shape index (κ1) is 14.3. The molecule has 1 aromatic carbocycles. The largest absolute Gasteiger partial charge is 0.305 e. The average molecular weight is 315 g/mol. The summed E-state index contributed by atoms with van der Waals surface area (Å²) in [6.07, 6.45) is 0. The van der Waals surface area contributed by atoms with E-state index in [0.717, 1.165) is 0 Å². The molecule has 0 bridgehead atoms. The van der Waals surface area contributed by atoms with E-state index in [9.17, 15) is 9.59 Å². The van der Waals surface area contributed by atoms with Crippen LogP contribution in [0.1, 0.15) is 23.0 Å². The summed E-state index contributed by atoms with van der Waals surface area (Å²) < 4.78 is 1.64.